The topological polar surface area (TPSA) is 75.7 Å². The van der Waals surface area contributed by atoms with Crippen LogP contribution in [0.4, 0.5) is 24.5 Å². The minimum Gasteiger partial charge on any atom is -0.455 e. The van der Waals surface area contributed by atoms with E-state index in [1.165, 1.54) is 42.5 Å². The van der Waals surface area contributed by atoms with Crippen molar-refractivity contribution in [1.29, 1.82) is 0 Å². The number of hydrogen-bond donors (Lipinski definition) is 1. The normalized spacial score (nSPS) is 16.2. The molecule has 2 amide bonds. The number of halogens is 5. The first-order chi connectivity index (χ1) is 14.6. The smallest absolute Gasteiger partial charge is 0.409 e. The molecule has 6 nitrogen and oxygen atoms in total. The predicted molar refractivity (Wildman–Crippen MR) is 108 cm³/mol. The largest absolute Gasteiger partial charge is 0.455 e. The Labute approximate surface area is 184 Å². The lowest BCUT2D eigenvalue weighted by Gasteiger charge is -2.31. The summed E-state index contributed by atoms with van der Waals surface area (Å²) in [6.07, 6.45) is -6.13. The number of anilines is 2. The van der Waals surface area contributed by atoms with Crippen LogP contribution in [0, 0.1) is 0 Å². The van der Waals surface area contributed by atoms with Crippen molar-refractivity contribution in [2.45, 2.75) is 25.1 Å². The SMILES string of the molecule is O=C1CC(C(F)(F)F)N(C(=O)COC(=O)Cc2ccc(Cl)c(Cl)c2)c2ccccc2N1. The number of carbonyl (C=O) groups is 3. The fourth-order valence-corrected chi connectivity index (χ4v) is 3.40. The Hall–Kier alpha value is -2.78. The van der Waals surface area contributed by atoms with Gasteiger partial charge in [0.15, 0.2) is 6.61 Å². The van der Waals surface area contributed by atoms with E-state index in [0.717, 1.165) is 0 Å². The van der Waals surface area contributed by atoms with Crippen LogP contribution >= 0.6 is 23.2 Å². The van der Waals surface area contributed by atoms with Gasteiger partial charge in [0.1, 0.15) is 6.04 Å². The van der Waals surface area contributed by atoms with E-state index in [1.54, 1.807) is 0 Å². The van der Waals surface area contributed by atoms with E-state index < -0.39 is 43.0 Å². The number of alkyl halides is 3. The van der Waals surface area contributed by atoms with Gasteiger partial charge in [-0.1, -0.05) is 41.4 Å². The maximum atomic E-state index is 13.7. The van der Waals surface area contributed by atoms with Gasteiger partial charge in [-0.3, -0.25) is 19.3 Å². The van der Waals surface area contributed by atoms with Crippen molar-refractivity contribution in [1.82, 2.24) is 0 Å². The second-order valence-corrected chi connectivity index (χ2v) is 7.49. The highest BCUT2D eigenvalue weighted by atomic mass is 35.5. The van der Waals surface area contributed by atoms with Crippen LogP contribution in [0.15, 0.2) is 42.5 Å². The number of amides is 2. The molecule has 1 N–H and O–H groups in total. The van der Waals surface area contributed by atoms with Crippen LogP contribution in [0.3, 0.4) is 0 Å². The summed E-state index contributed by atoms with van der Waals surface area (Å²) < 4.78 is 45.9. The molecule has 0 aliphatic carbocycles. The number of fused-ring (bicyclic) bond motifs is 1. The number of hydrogen-bond acceptors (Lipinski definition) is 4. The molecule has 0 saturated carbocycles. The zero-order valence-electron chi connectivity index (χ0n) is 15.7. The first kappa shape index (κ1) is 22.9. The summed E-state index contributed by atoms with van der Waals surface area (Å²) in [5, 5.41) is 2.86. The molecule has 0 bridgehead atoms. The van der Waals surface area contributed by atoms with Crippen molar-refractivity contribution in [3.63, 3.8) is 0 Å². The molecule has 0 radical (unpaired) electrons. The maximum Gasteiger partial charge on any atom is 0.409 e. The van der Waals surface area contributed by atoms with Crippen LogP contribution in [0.2, 0.25) is 10.0 Å². The Morgan fingerprint density at radius 3 is 2.52 bits per heavy atom. The molecule has 2 aromatic rings. The summed E-state index contributed by atoms with van der Waals surface area (Å²) in [5.41, 5.74) is 0.367. The van der Waals surface area contributed by atoms with Crippen molar-refractivity contribution < 1.29 is 32.3 Å². The molecule has 2 aromatic carbocycles. The van der Waals surface area contributed by atoms with E-state index in [1.807, 2.05) is 0 Å². The summed E-state index contributed by atoms with van der Waals surface area (Å²) >= 11 is 11.7. The van der Waals surface area contributed by atoms with Crippen LogP contribution in [0.5, 0.6) is 0 Å². The second-order valence-electron chi connectivity index (χ2n) is 6.68. The Morgan fingerprint density at radius 2 is 1.84 bits per heavy atom. The summed E-state index contributed by atoms with van der Waals surface area (Å²) in [6, 6.07) is 7.63. The van der Waals surface area contributed by atoms with E-state index in [4.69, 9.17) is 27.9 Å². The average Bonchev–Trinajstić information content (AvgIpc) is 2.84. The first-order valence-electron chi connectivity index (χ1n) is 8.93. The number of nitrogens with one attached hydrogen (secondary N) is 1. The molecule has 0 aromatic heterocycles. The Kier molecular flexibility index (Phi) is 6.76. The minimum atomic E-state index is -4.88. The lowest BCUT2D eigenvalue weighted by Crippen LogP contribution is -2.51. The lowest BCUT2D eigenvalue weighted by molar-refractivity contribution is -0.160. The van der Waals surface area contributed by atoms with Gasteiger partial charge in [0.25, 0.3) is 5.91 Å². The van der Waals surface area contributed by atoms with E-state index in [9.17, 15) is 27.6 Å². The van der Waals surface area contributed by atoms with Crippen LogP contribution in [-0.4, -0.2) is 36.6 Å². The van der Waals surface area contributed by atoms with Crippen molar-refractivity contribution >= 4 is 52.4 Å². The quantitative estimate of drug-likeness (QED) is 0.666. The fourth-order valence-electron chi connectivity index (χ4n) is 3.07. The monoisotopic (exact) mass is 474 g/mol. The molecular weight excluding hydrogens is 460 g/mol. The Bertz CT molecular complexity index is 1030. The van der Waals surface area contributed by atoms with Crippen LogP contribution in [0.1, 0.15) is 12.0 Å². The van der Waals surface area contributed by atoms with E-state index in [-0.39, 0.29) is 27.8 Å². The van der Waals surface area contributed by atoms with Gasteiger partial charge in [-0.25, -0.2) is 0 Å². The van der Waals surface area contributed by atoms with Gasteiger partial charge in [0, 0.05) is 0 Å². The standard InChI is InChI=1S/C20H15Cl2F3N2O4/c21-12-6-5-11(7-13(12)22)8-19(30)31-10-18(29)27-15-4-2-1-3-14(15)26-17(28)9-16(27)20(23,24)25/h1-7,16H,8-10H2,(H,26,28). The van der Waals surface area contributed by atoms with Gasteiger partial charge in [0.2, 0.25) is 5.91 Å². The van der Waals surface area contributed by atoms with E-state index >= 15 is 0 Å². The molecule has 3 rings (SSSR count). The zero-order chi connectivity index (χ0) is 22.8. The molecule has 164 valence electrons. The highest BCUT2D eigenvalue weighted by Gasteiger charge is 2.49. The molecular formula is C20H15Cl2F3N2O4. The van der Waals surface area contributed by atoms with Crippen molar-refractivity contribution in [2.75, 3.05) is 16.8 Å². The third-order valence-electron chi connectivity index (χ3n) is 4.46. The highest BCUT2D eigenvalue weighted by molar-refractivity contribution is 6.42. The van der Waals surface area contributed by atoms with Crippen molar-refractivity contribution in [3.8, 4) is 0 Å². The molecule has 1 aliphatic heterocycles. The molecule has 1 heterocycles. The molecule has 31 heavy (non-hydrogen) atoms. The van der Waals surface area contributed by atoms with E-state index in [0.29, 0.717) is 10.5 Å². The van der Waals surface area contributed by atoms with Gasteiger partial charge in [0.05, 0.1) is 34.3 Å². The molecule has 0 spiro atoms. The van der Waals surface area contributed by atoms with Gasteiger partial charge in [-0.15, -0.1) is 0 Å². The minimum absolute atomic E-state index is 0.0507. The van der Waals surface area contributed by atoms with E-state index in [2.05, 4.69) is 5.32 Å². The third kappa shape index (κ3) is 5.48. The molecule has 1 unspecified atom stereocenters. The van der Waals surface area contributed by atoms with Gasteiger partial charge >= 0.3 is 12.1 Å². The predicted octanol–water partition coefficient (Wildman–Crippen LogP) is 4.39. The average molecular weight is 475 g/mol. The van der Waals surface area contributed by atoms with Crippen LogP contribution < -0.4 is 10.2 Å². The summed E-state index contributed by atoms with van der Waals surface area (Å²) in [5.74, 6) is -2.84. The Balaban J connectivity index is 1.78. The molecule has 1 aliphatic rings. The highest BCUT2D eigenvalue weighted by Crippen LogP contribution is 2.37. The lowest BCUT2D eigenvalue weighted by atomic mass is 10.1. The number of nitrogens with zero attached hydrogens (tertiary/aromatic N) is 1. The van der Waals surface area contributed by atoms with Gasteiger partial charge < -0.3 is 10.1 Å². The maximum absolute atomic E-state index is 13.7. The number of esters is 1. The van der Waals surface area contributed by atoms with Crippen molar-refractivity contribution in [2.24, 2.45) is 0 Å². The number of benzene rings is 2. The molecule has 11 heteroatoms. The second kappa shape index (κ2) is 9.15. The van der Waals surface area contributed by atoms with Gasteiger partial charge in [-0.2, -0.15) is 13.2 Å². The third-order valence-corrected chi connectivity index (χ3v) is 5.20. The Morgan fingerprint density at radius 1 is 1.13 bits per heavy atom. The van der Waals surface area contributed by atoms with Crippen molar-refractivity contribution in [3.05, 3.63) is 58.1 Å². The molecule has 1 atom stereocenters. The molecule has 0 fully saturated rings. The number of rotatable bonds is 4. The number of para-hydroxylation sites is 2. The van der Waals surface area contributed by atoms with Crippen LogP contribution in [-0.2, 0) is 25.5 Å². The first-order valence-corrected chi connectivity index (χ1v) is 9.69. The number of carbonyl (C=O) groups excluding carboxylic acids is 3. The summed E-state index contributed by atoms with van der Waals surface area (Å²) in [7, 11) is 0. The number of ether oxygens (including phenoxy) is 1. The van der Waals surface area contributed by atoms with Gasteiger partial charge in [-0.05, 0) is 29.8 Å². The summed E-state index contributed by atoms with van der Waals surface area (Å²) in [4.78, 5) is 37.2. The van der Waals surface area contributed by atoms with Crippen LogP contribution in [0.25, 0.3) is 0 Å². The zero-order valence-corrected chi connectivity index (χ0v) is 17.2. The molecule has 0 saturated heterocycles. The fraction of sp³-hybridized carbons (Fsp3) is 0.250. The summed E-state index contributed by atoms with van der Waals surface area (Å²) in [6.45, 7) is -0.935.